The van der Waals surface area contributed by atoms with Crippen LogP contribution in [0.15, 0.2) is 54.6 Å². The summed E-state index contributed by atoms with van der Waals surface area (Å²) in [7, 11) is 0. The van der Waals surface area contributed by atoms with Crippen molar-refractivity contribution in [2.45, 2.75) is 45.9 Å². The number of rotatable bonds is 12. The Morgan fingerprint density at radius 2 is 1.42 bits per heavy atom. The van der Waals surface area contributed by atoms with Gasteiger partial charge in [0.1, 0.15) is 6.04 Å². The first-order valence-electron chi connectivity index (χ1n) is 10.3. The van der Waals surface area contributed by atoms with E-state index in [1.807, 2.05) is 62.4 Å². The summed E-state index contributed by atoms with van der Waals surface area (Å²) in [5.74, 6) is -1.05. The van der Waals surface area contributed by atoms with Gasteiger partial charge in [-0.2, -0.15) is 0 Å². The molecule has 7 heteroatoms. The maximum Gasteiger partial charge on any atom is 0.320 e. The van der Waals surface area contributed by atoms with E-state index in [9.17, 15) is 14.7 Å². The standard InChI is InChI=1S/C24H31N3O4/c1-17(2)13-22(24(29)30)26-16-21-9-7-20(8-10-21)15-25-14-19-5-3-18(4-6-19)11-12-23(28)27-31/h3-12,17,22,25-26,31H,13-16H2,1-2H3,(H,27,28)(H,29,30)/b12-11+. The van der Waals surface area contributed by atoms with Crippen LogP contribution in [0.2, 0.25) is 0 Å². The van der Waals surface area contributed by atoms with Gasteiger partial charge in [0.2, 0.25) is 0 Å². The molecule has 0 aromatic heterocycles. The van der Waals surface area contributed by atoms with E-state index in [2.05, 4.69) is 10.6 Å². The maximum absolute atomic E-state index is 11.3. The second-order valence-electron chi connectivity index (χ2n) is 7.87. The molecule has 0 aliphatic carbocycles. The van der Waals surface area contributed by atoms with Crippen molar-refractivity contribution in [3.05, 3.63) is 76.9 Å². The molecule has 0 spiro atoms. The van der Waals surface area contributed by atoms with Gasteiger partial charge in [-0.1, -0.05) is 62.4 Å². The van der Waals surface area contributed by atoms with Crippen molar-refractivity contribution in [1.29, 1.82) is 0 Å². The predicted molar refractivity (Wildman–Crippen MR) is 120 cm³/mol. The number of hydrogen-bond acceptors (Lipinski definition) is 5. The largest absolute Gasteiger partial charge is 0.480 e. The number of hydroxylamine groups is 1. The Morgan fingerprint density at radius 1 is 0.903 bits per heavy atom. The highest BCUT2D eigenvalue weighted by Crippen LogP contribution is 2.09. The molecule has 0 aliphatic heterocycles. The van der Waals surface area contributed by atoms with Crippen LogP contribution in [-0.2, 0) is 29.2 Å². The molecule has 2 aromatic carbocycles. The third-order valence-corrected chi connectivity index (χ3v) is 4.76. The fourth-order valence-corrected chi connectivity index (χ4v) is 3.07. The summed E-state index contributed by atoms with van der Waals surface area (Å²) in [6.07, 6.45) is 3.49. The van der Waals surface area contributed by atoms with Gasteiger partial charge in [0.25, 0.3) is 5.91 Å². The van der Waals surface area contributed by atoms with Crippen molar-refractivity contribution in [2.24, 2.45) is 5.92 Å². The van der Waals surface area contributed by atoms with E-state index < -0.39 is 17.9 Å². The zero-order chi connectivity index (χ0) is 22.6. The Bertz CT molecular complexity index is 861. The Labute approximate surface area is 183 Å². The van der Waals surface area contributed by atoms with E-state index in [-0.39, 0.29) is 0 Å². The van der Waals surface area contributed by atoms with Gasteiger partial charge < -0.3 is 15.7 Å². The Kier molecular flexibility index (Phi) is 9.90. The van der Waals surface area contributed by atoms with Gasteiger partial charge in [0, 0.05) is 25.7 Å². The number of carbonyl (C=O) groups excluding carboxylic acids is 1. The Balaban J connectivity index is 1.77. The molecule has 0 aliphatic rings. The van der Waals surface area contributed by atoms with Crippen LogP contribution in [0.25, 0.3) is 6.08 Å². The molecule has 2 rings (SSSR count). The van der Waals surface area contributed by atoms with Crippen molar-refractivity contribution < 1.29 is 19.9 Å². The average molecular weight is 426 g/mol. The lowest BCUT2D eigenvalue weighted by Gasteiger charge is -2.16. The molecule has 2 aromatic rings. The summed E-state index contributed by atoms with van der Waals surface area (Å²) in [6, 6.07) is 15.4. The van der Waals surface area contributed by atoms with Crippen molar-refractivity contribution >= 4 is 18.0 Å². The van der Waals surface area contributed by atoms with Gasteiger partial charge in [-0.05, 0) is 40.7 Å². The number of carboxylic acid groups (broad SMARTS) is 1. The van der Waals surface area contributed by atoms with E-state index in [1.165, 1.54) is 6.08 Å². The van der Waals surface area contributed by atoms with Crippen molar-refractivity contribution in [2.75, 3.05) is 0 Å². The molecular formula is C24H31N3O4. The van der Waals surface area contributed by atoms with Crippen LogP contribution < -0.4 is 16.1 Å². The van der Waals surface area contributed by atoms with Crippen LogP contribution in [-0.4, -0.2) is 28.2 Å². The average Bonchev–Trinajstić information content (AvgIpc) is 2.76. The van der Waals surface area contributed by atoms with E-state index in [0.29, 0.717) is 25.4 Å². The minimum absolute atomic E-state index is 0.322. The highest BCUT2D eigenvalue weighted by Gasteiger charge is 2.17. The van der Waals surface area contributed by atoms with E-state index in [1.54, 1.807) is 11.6 Å². The topological polar surface area (TPSA) is 111 Å². The fourth-order valence-electron chi connectivity index (χ4n) is 3.07. The summed E-state index contributed by atoms with van der Waals surface area (Å²) in [5, 5.41) is 24.3. The first-order valence-corrected chi connectivity index (χ1v) is 10.3. The number of carbonyl (C=O) groups is 2. The zero-order valence-corrected chi connectivity index (χ0v) is 18.0. The first-order chi connectivity index (χ1) is 14.9. The lowest BCUT2D eigenvalue weighted by molar-refractivity contribution is -0.140. The molecule has 1 atom stereocenters. The molecule has 0 bridgehead atoms. The summed E-state index contributed by atoms with van der Waals surface area (Å²) in [6.45, 7) is 5.99. The first kappa shape index (κ1) is 24.3. The molecule has 0 saturated heterocycles. The summed E-state index contributed by atoms with van der Waals surface area (Å²) < 4.78 is 0. The van der Waals surface area contributed by atoms with Crippen LogP contribution in [0.4, 0.5) is 0 Å². The van der Waals surface area contributed by atoms with Gasteiger partial charge in [0.15, 0.2) is 0 Å². The van der Waals surface area contributed by atoms with Gasteiger partial charge >= 0.3 is 5.97 Å². The summed E-state index contributed by atoms with van der Waals surface area (Å²) >= 11 is 0. The van der Waals surface area contributed by atoms with Gasteiger partial charge in [-0.25, -0.2) is 5.48 Å². The molecule has 0 heterocycles. The predicted octanol–water partition coefficient (Wildman–Crippen LogP) is 3.08. The third kappa shape index (κ3) is 9.13. The summed E-state index contributed by atoms with van der Waals surface area (Å²) in [5.41, 5.74) is 5.75. The highest BCUT2D eigenvalue weighted by molar-refractivity contribution is 5.90. The highest BCUT2D eigenvalue weighted by atomic mass is 16.5. The Hall–Kier alpha value is -3.00. The Morgan fingerprint density at radius 3 is 1.90 bits per heavy atom. The number of amides is 1. The number of hydrogen-bond donors (Lipinski definition) is 5. The fraction of sp³-hybridized carbons (Fsp3) is 0.333. The second kappa shape index (κ2) is 12.6. The molecule has 7 nitrogen and oxygen atoms in total. The second-order valence-corrected chi connectivity index (χ2v) is 7.87. The van der Waals surface area contributed by atoms with Crippen molar-refractivity contribution in [3.63, 3.8) is 0 Å². The molecular weight excluding hydrogens is 394 g/mol. The molecule has 1 unspecified atom stereocenters. The molecule has 0 saturated carbocycles. The van der Waals surface area contributed by atoms with E-state index in [4.69, 9.17) is 5.21 Å². The third-order valence-electron chi connectivity index (χ3n) is 4.76. The van der Waals surface area contributed by atoms with Crippen LogP contribution in [0.1, 0.15) is 42.5 Å². The lowest BCUT2D eigenvalue weighted by Crippen LogP contribution is -2.37. The number of nitrogens with one attached hydrogen (secondary N) is 3. The number of aliphatic carboxylic acids is 1. The molecule has 166 valence electrons. The smallest absolute Gasteiger partial charge is 0.320 e. The summed E-state index contributed by atoms with van der Waals surface area (Å²) in [4.78, 5) is 22.3. The molecule has 0 fully saturated rings. The molecule has 0 radical (unpaired) electrons. The minimum atomic E-state index is -0.811. The quantitative estimate of drug-likeness (QED) is 0.203. The van der Waals surface area contributed by atoms with Gasteiger partial charge in [-0.15, -0.1) is 0 Å². The van der Waals surface area contributed by atoms with Crippen molar-refractivity contribution in [1.82, 2.24) is 16.1 Å². The number of carboxylic acids is 1. The monoisotopic (exact) mass is 425 g/mol. The minimum Gasteiger partial charge on any atom is -0.480 e. The maximum atomic E-state index is 11.3. The SMILES string of the molecule is CC(C)CC(NCc1ccc(CNCc2ccc(/C=C/C(=O)NO)cc2)cc1)C(=O)O. The molecule has 5 N–H and O–H groups in total. The van der Waals surface area contributed by atoms with E-state index in [0.717, 1.165) is 28.8 Å². The zero-order valence-electron chi connectivity index (χ0n) is 18.0. The van der Waals surface area contributed by atoms with Crippen LogP contribution in [0.5, 0.6) is 0 Å². The van der Waals surface area contributed by atoms with Gasteiger partial charge in [0.05, 0.1) is 0 Å². The number of benzene rings is 2. The van der Waals surface area contributed by atoms with Crippen LogP contribution in [0, 0.1) is 5.92 Å². The molecule has 31 heavy (non-hydrogen) atoms. The molecule has 1 amide bonds. The lowest BCUT2D eigenvalue weighted by atomic mass is 10.0. The van der Waals surface area contributed by atoms with E-state index >= 15 is 0 Å². The van der Waals surface area contributed by atoms with Crippen LogP contribution >= 0.6 is 0 Å². The van der Waals surface area contributed by atoms with Crippen LogP contribution in [0.3, 0.4) is 0 Å². The van der Waals surface area contributed by atoms with Crippen molar-refractivity contribution in [3.8, 4) is 0 Å². The van der Waals surface area contributed by atoms with Gasteiger partial charge in [-0.3, -0.25) is 14.8 Å². The normalized spacial score (nSPS) is 12.3.